The molecule has 2 fully saturated rings. The third kappa shape index (κ3) is 3.54. The fourth-order valence-electron chi connectivity index (χ4n) is 3.58. The van der Waals surface area contributed by atoms with Crippen molar-refractivity contribution in [1.82, 2.24) is 14.9 Å². The van der Waals surface area contributed by atoms with E-state index in [0.717, 1.165) is 45.5 Å². The van der Waals surface area contributed by atoms with Gasteiger partial charge in [-0.15, -0.1) is 11.3 Å². The Hall–Kier alpha value is -1.50. The van der Waals surface area contributed by atoms with E-state index in [1.54, 1.807) is 12.4 Å². The number of thiophene rings is 1. The van der Waals surface area contributed by atoms with E-state index in [0.29, 0.717) is 12.0 Å². The minimum Gasteiger partial charge on any atom is -0.373 e. The maximum Gasteiger partial charge on any atom is 0.222 e. The average molecular weight is 330 g/mol. The summed E-state index contributed by atoms with van der Waals surface area (Å²) in [5.74, 6) is 0.702. The lowest BCUT2D eigenvalue weighted by Crippen LogP contribution is -2.44. The molecule has 2 saturated heterocycles. The van der Waals surface area contributed by atoms with Gasteiger partial charge in [-0.3, -0.25) is 4.90 Å². The Kier molecular flexibility index (Phi) is 4.29. The third-order valence-electron chi connectivity index (χ3n) is 4.83. The van der Waals surface area contributed by atoms with E-state index in [4.69, 9.17) is 4.74 Å². The van der Waals surface area contributed by atoms with Gasteiger partial charge in [0, 0.05) is 36.9 Å². The predicted molar refractivity (Wildman–Crippen MR) is 91.6 cm³/mol. The van der Waals surface area contributed by atoms with Crippen molar-refractivity contribution in [2.75, 3.05) is 25.0 Å². The molecule has 5 nitrogen and oxygen atoms in total. The van der Waals surface area contributed by atoms with Crippen LogP contribution in [0.4, 0.5) is 5.95 Å². The van der Waals surface area contributed by atoms with Gasteiger partial charge in [0.1, 0.15) is 0 Å². The topological polar surface area (TPSA) is 50.3 Å². The van der Waals surface area contributed by atoms with Crippen LogP contribution in [-0.4, -0.2) is 46.2 Å². The van der Waals surface area contributed by atoms with Crippen LogP contribution in [0.15, 0.2) is 36.0 Å². The molecule has 122 valence electrons. The molecule has 2 aromatic rings. The van der Waals surface area contributed by atoms with Crippen molar-refractivity contribution in [3.63, 3.8) is 0 Å². The second kappa shape index (κ2) is 6.55. The standard InChI is InChI=1S/C17H22N4OS/c1-3-15(23-10-1)12-21-8-4-17(5-9-21)11-14(13-22-17)20-16-18-6-2-7-19-16/h1-3,6-7,10,14H,4-5,8-9,11-13H2,(H,18,19,20)/t14-/m0/s1. The molecule has 23 heavy (non-hydrogen) atoms. The van der Waals surface area contributed by atoms with Crippen LogP contribution in [0.2, 0.25) is 0 Å². The molecule has 6 heteroatoms. The summed E-state index contributed by atoms with van der Waals surface area (Å²) in [4.78, 5) is 12.5. The molecule has 4 heterocycles. The molecule has 0 aromatic carbocycles. The normalized spacial score (nSPS) is 24.1. The SMILES string of the molecule is c1cnc(N[C@@H]2COC3(CCN(Cc4cccs4)CC3)C2)nc1. The lowest BCUT2D eigenvalue weighted by Gasteiger charge is -2.38. The van der Waals surface area contributed by atoms with Gasteiger partial charge < -0.3 is 10.1 Å². The first-order valence-corrected chi connectivity index (χ1v) is 9.12. The maximum atomic E-state index is 6.21. The molecule has 2 aliphatic rings. The van der Waals surface area contributed by atoms with Gasteiger partial charge in [0.05, 0.1) is 18.2 Å². The fraction of sp³-hybridized carbons (Fsp3) is 0.529. The van der Waals surface area contributed by atoms with Gasteiger partial charge in [-0.25, -0.2) is 9.97 Å². The number of hydrogen-bond donors (Lipinski definition) is 1. The molecule has 0 aliphatic carbocycles. The van der Waals surface area contributed by atoms with Gasteiger partial charge in [-0.2, -0.15) is 0 Å². The third-order valence-corrected chi connectivity index (χ3v) is 5.70. The number of rotatable bonds is 4. The van der Waals surface area contributed by atoms with E-state index in [1.165, 1.54) is 4.88 Å². The molecule has 0 saturated carbocycles. The van der Waals surface area contributed by atoms with E-state index >= 15 is 0 Å². The number of anilines is 1. The molecular weight excluding hydrogens is 308 g/mol. The highest BCUT2D eigenvalue weighted by molar-refractivity contribution is 7.09. The second-order valence-electron chi connectivity index (χ2n) is 6.47. The van der Waals surface area contributed by atoms with Crippen molar-refractivity contribution in [3.05, 3.63) is 40.8 Å². The van der Waals surface area contributed by atoms with E-state index in [9.17, 15) is 0 Å². The zero-order valence-corrected chi connectivity index (χ0v) is 14.0. The molecule has 0 unspecified atom stereocenters. The molecule has 2 aliphatic heterocycles. The summed E-state index contributed by atoms with van der Waals surface area (Å²) in [6.07, 6.45) is 6.82. The van der Waals surface area contributed by atoms with Gasteiger partial charge in [0.2, 0.25) is 5.95 Å². The minimum absolute atomic E-state index is 0.0540. The Morgan fingerprint density at radius 2 is 2.09 bits per heavy atom. The second-order valence-corrected chi connectivity index (χ2v) is 7.50. The van der Waals surface area contributed by atoms with E-state index < -0.39 is 0 Å². The molecule has 1 atom stereocenters. The molecular formula is C17H22N4OS. The van der Waals surface area contributed by atoms with Crippen LogP contribution in [0.1, 0.15) is 24.1 Å². The van der Waals surface area contributed by atoms with Crippen LogP contribution in [0, 0.1) is 0 Å². The van der Waals surface area contributed by atoms with E-state index in [1.807, 2.05) is 17.4 Å². The van der Waals surface area contributed by atoms with E-state index in [2.05, 4.69) is 37.7 Å². The van der Waals surface area contributed by atoms with Gasteiger partial charge >= 0.3 is 0 Å². The summed E-state index contributed by atoms with van der Waals surface area (Å²) in [7, 11) is 0. The van der Waals surface area contributed by atoms with Gasteiger partial charge in [-0.1, -0.05) is 6.07 Å². The average Bonchev–Trinajstić information content (AvgIpc) is 3.22. The lowest BCUT2D eigenvalue weighted by molar-refractivity contribution is -0.0446. The summed E-state index contributed by atoms with van der Waals surface area (Å²) in [5.41, 5.74) is 0.0540. The summed E-state index contributed by atoms with van der Waals surface area (Å²) in [6, 6.07) is 6.51. The number of ether oxygens (including phenoxy) is 1. The van der Waals surface area contributed by atoms with Crippen LogP contribution in [-0.2, 0) is 11.3 Å². The minimum atomic E-state index is 0.0540. The Bertz CT molecular complexity index is 611. The number of hydrogen-bond acceptors (Lipinski definition) is 6. The zero-order chi connectivity index (χ0) is 15.5. The van der Waals surface area contributed by atoms with Crippen LogP contribution in [0.3, 0.4) is 0 Å². The Balaban J connectivity index is 1.29. The maximum absolute atomic E-state index is 6.21. The zero-order valence-electron chi connectivity index (χ0n) is 13.1. The summed E-state index contributed by atoms with van der Waals surface area (Å²) in [6.45, 7) is 4.06. The largest absolute Gasteiger partial charge is 0.373 e. The van der Waals surface area contributed by atoms with Crippen molar-refractivity contribution in [2.24, 2.45) is 0 Å². The fourth-order valence-corrected chi connectivity index (χ4v) is 4.33. The van der Waals surface area contributed by atoms with Crippen LogP contribution in [0.5, 0.6) is 0 Å². The molecule has 0 radical (unpaired) electrons. The number of nitrogens with one attached hydrogen (secondary N) is 1. The van der Waals surface area contributed by atoms with Gasteiger partial charge in [0.25, 0.3) is 0 Å². The monoisotopic (exact) mass is 330 g/mol. The van der Waals surface area contributed by atoms with Crippen molar-refractivity contribution in [1.29, 1.82) is 0 Å². The number of aromatic nitrogens is 2. The first kappa shape index (κ1) is 15.1. The Labute approximate surface area is 140 Å². The summed E-state index contributed by atoms with van der Waals surface area (Å²) < 4.78 is 6.21. The number of nitrogens with zero attached hydrogens (tertiary/aromatic N) is 3. The molecule has 1 N–H and O–H groups in total. The molecule has 4 rings (SSSR count). The molecule has 2 aromatic heterocycles. The molecule has 0 bridgehead atoms. The van der Waals surface area contributed by atoms with Crippen LogP contribution >= 0.6 is 11.3 Å². The highest BCUT2D eigenvalue weighted by Gasteiger charge is 2.42. The number of likely N-dealkylation sites (tertiary alicyclic amines) is 1. The predicted octanol–water partition coefficient (Wildman–Crippen LogP) is 2.77. The van der Waals surface area contributed by atoms with Crippen LogP contribution < -0.4 is 5.32 Å². The lowest BCUT2D eigenvalue weighted by atomic mass is 9.87. The van der Waals surface area contributed by atoms with Crippen molar-refractivity contribution in [2.45, 2.75) is 37.5 Å². The smallest absolute Gasteiger partial charge is 0.222 e. The quantitative estimate of drug-likeness (QED) is 0.934. The van der Waals surface area contributed by atoms with Crippen molar-refractivity contribution in [3.8, 4) is 0 Å². The van der Waals surface area contributed by atoms with Crippen LogP contribution in [0.25, 0.3) is 0 Å². The van der Waals surface area contributed by atoms with E-state index in [-0.39, 0.29) is 5.60 Å². The highest BCUT2D eigenvalue weighted by Crippen LogP contribution is 2.37. The summed E-state index contributed by atoms with van der Waals surface area (Å²) >= 11 is 1.85. The first-order chi connectivity index (χ1) is 11.3. The highest BCUT2D eigenvalue weighted by atomic mass is 32.1. The Morgan fingerprint density at radius 3 is 2.83 bits per heavy atom. The summed E-state index contributed by atoms with van der Waals surface area (Å²) in [5, 5.41) is 5.56. The van der Waals surface area contributed by atoms with Gasteiger partial charge in [0.15, 0.2) is 0 Å². The van der Waals surface area contributed by atoms with Crippen molar-refractivity contribution < 1.29 is 4.74 Å². The van der Waals surface area contributed by atoms with Crippen molar-refractivity contribution >= 4 is 17.3 Å². The van der Waals surface area contributed by atoms with Gasteiger partial charge in [-0.05, 0) is 36.8 Å². The Morgan fingerprint density at radius 1 is 1.26 bits per heavy atom. The molecule has 1 spiro atoms. The number of piperidine rings is 1. The molecule has 0 amide bonds. The first-order valence-electron chi connectivity index (χ1n) is 8.24.